The van der Waals surface area contributed by atoms with Crippen molar-refractivity contribution in [3.63, 3.8) is 0 Å². The Morgan fingerprint density at radius 3 is 2.53 bits per heavy atom. The van der Waals surface area contributed by atoms with Gasteiger partial charge in [-0.3, -0.25) is 9.59 Å². The molecular weight excluding hydrogens is 384 g/mol. The number of Topliss-reactive ketones (excluding diaryl/α,β-unsaturated/α-hetero) is 1. The van der Waals surface area contributed by atoms with E-state index in [0.29, 0.717) is 41.8 Å². The van der Waals surface area contributed by atoms with Gasteiger partial charge in [0.1, 0.15) is 0 Å². The molecule has 30 heavy (non-hydrogen) atoms. The molecule has 1 saturated carbocycles. The molecule has 2 aliphatic carbocycles. The van der Waals surface area contributed by atoms with Gasteiger partial charge in [0.25, 0.3) is 5.91 Å². The monoisotopic (exact) mass is 412 g/mol. The Labute approximate surface area is 175 Å². The Kier molecular flexibility index (Phi) is 4.94. The van der Waals surface area contributed by atoms with Gasteiger partial charge in [0.05, 0.1) is 40.4 Å². The standard InChI is InChI=1S/C22H28N4O4/c1-11-20-16(9-22(2,3)10-19(20)29)26(25-11)13-4-5-14(21(23)30)15(8-13)24-12-6-17(27)18(28)7-12/h4-5,8,12,17-18,24,27-28H,6-7,9-10H2,1-3H3,(H2,23,30). The highest BCUT2D eigenvalue weighted by Crippen LogP contribution is 2.37. The lowest BCUT2D eigenvalue weighted by Crippen LogP contribution is -2.28. The minimum absolute atomic E-state index is 0.103. The van der Waals surface area contributed by atoms with Crippen LogP contribution in [-0.4, -0.2) is 49.9 Å². The van der Waals surface area contributed by atoms with Gasteiger partial charge in [-0.2, -0.15) is 5.10 Å². The third kappa shape index (κ3) is 3.61. The molecule has 0 aliphatic heterocycles. The van der Waals surface area contributed by atoms with Gasteiger partial charge in [-0.25, -0.2) is 4.68 Å². The number of anilines is 1. The van der Waals surface area contributed by atoms with Crippen LogP contribution < -0.4 is 11.1 Å². The quantitative estimate of drug-likeness (QED) is 0.605. The SMILES string of the molecule is Cc1nn(-c2ccc(C(N)=O)c(NC3CC(O)C(O)C3)c2)c2c1C(=O)CC(C)(C)C2. The van der Waals surface area contributed by atoms with Crippen molar-refractivity contribution in [2.75, 3.05) is 5.32 Å². The predicted octanol–water partition coefficient (Wildman–Crippen LogP) is 1.73. The highest BCUT2D eigenvalue weighted by Gasteiger charge is 2.36. The zero-order valence-corrected chi connectivity index (χ0v) is 17.5. The number of aryl methyl sites for hydroxylation is 1. The van der Waals surface area contributed by atoms with E-state index in [4.69, 9.17) is 5.73 Å². The number of nitrogens with zero attached hydrogens (tertiary/aromatic N) is 2. The lowest BCUT2D eigenvalue weighted by molar-refractivity contribution is 0.0438. The van der Waals surface area contributed by atoms with Crippen LogP contribution in [0.15, 0.2) is 18.2 Å². The molecule has 0 spiro atoms. The van der Waals surface area contributed by atoms with Crippen molar-refractivity contribution in [1.29, 1.82) is 0 Å². The number of hydrogen-bond donors (Lipinski definition) is 4. The topological polar surface area (TPSA) is 130 Å². The molecule has 160 valence electrons. The number of hydrogen-bond acceptors (Lipinski definition) is 6. The zero-order chi connectivity index (χ0) is 21.8. The molecule has 0 radical (unpaired) electrons. The summed E-state index contributed by atoms with van der Waals surface area (Å²) in [5.74, 6) is -0.468. The third-order valence-corrected chi connectivity index (χ3v) is 6.09. The molecule has 1 aromatic carbocycles. The number of carbonyl (C=O) groups excluding carboxylic acids is 2. The van der Waals surface area contributed by atoms with Crippen molar-refractivity contribution < 1.29 is 19.8 Å². The molecule has 1 heterocycles. The van der Waals surface area contributed by atoms with Crippen LogP contribution in [-0.2, 0) is 6.42 Å². The molecule has 2 aliphatic rings. The number of aromatic nitrogens is 2. The maximum atomic E-state index is 12.7. The first kappa shape index (κ1) is 20.6. The average Bonchev–Trinajstić information content (AvgIpc) is 3.12. The van der Waals surface area contributed by atoms with Gasteiger partial charge >= 0.3 is 0 Å². The van der Waals surface area contributed by atoms with E-state index in [1.54, 1.807) is 22.9 Å². The highest BCUT2D eigenvalue weighted by molar-refractivity contribution is 6.00. The van der Waals surface area contributed by atoms with Crippen LogP contribution >= 0.6 is 0 Å². The number of fused-ring (bicyclic) bond motifs is 1. The fraction of sp³-hybridized carbons (Fsp3) is 0.500. The van der Waals surface area contributed by atoms with Crippen molar-refractivity contribution in [2.45, 2.75) is 64.7 Å². The summed E-state index contributed by atoms with van der Waals surface area (Å²) in [6, 6.07) is 5.01. The molecule has 0 saturated heterocycles. The zero-order valence-electron chi connectivity index (χ0n) is 17.5. The molecule has 5 N–H and O–H groups in total. The number of primary amides is 1. The second-order valence-electron chi connectivity index (χ2n) is 9.30. The first-order chi connectivity index (χ1) is 14.1. The van der Waals surface area contributed by atoms with Crippen molar-refractivity contribution in [3.8, 4) is 5.69 Å². The van der Waals surface area contributed by atoms with Crippen LogP contribution in [0.25, 0.3) is 5.69 Å². The fourth-order valence-corrected chi connectivity index (χ4v) is 4.68. The number of aliphatic hydroxyl groups is 2. The first-order valence-electron chi connectivity index (χ1n) is 10.2. The van der Waals surface area contributed by atoms with E-state index in [1.807, 2.05) is 6.92 Å². The summed E-state index contributed by atoms with van der Waals surface area (Å²) in [5.41, 5.74) is 9.22. The lowest BCUT2D eigenvalue weighted by Gasteiger charge is -2.29. The largest absolute Gasteiger partial charge is 0.390 e. The number of rotatable bonds is 4. The van der Waals surface area contributed by atoms with Crippen molar-refractivity contribution in [3.05, 3.63) is 40.7 Å². The average molecular weight is 412 g/mol. The van der Waals surface area contributed by atoms with Gasteiger partial charge < -0.3 is 21.3 Å². The van der Waals surface area contributed by atoms with Crippen molar-refractivity contribution in [2.24, 2.45) is 11.1 Å². The van der Waals surface area contributed by atoms with Gasteiger partial charge in [0, 0.05) is 18.2 Å². The van der Waals surface area contributed by atoms with Crippen LogP contribution in [0.5, 0.6) is 0 Å². The molecule has 1 aromatic heterocycles. The first-order valence-corrected chi connectivity index (χ1v) is 10.2. The summed E-state index contributed by atoms with van der Waals surface area (Å²) in [6.07, 6.45) is 0.377. The second kappa shape index (κ2) is 7.21. The summed E-state index contributed by atoms with van der Waals surface area (Å²) >= 11 is 0. The van der Waals surface area contributed by atoms with E-state index in [2.05, 4.69) is 24.3 Å². The Hall–Kier alpha value is -2.71. The summed E-state index contributed by atoms with van der Waals surface area (Å²) in [5, 5.41) is 27.5. The Morgan fingerprint density at radius 1 is 1.23 bits per heavy atom. The molecule has 1 amide bonds. The number of ketones is 1. The summed E-state index contributed by atoms with van der Waals surface area (Å²) in [7, 11) is 0. The van der Waals surface area contributed by atoms with Crippen LogP contribution in [0.3, 0.4) is 0 Å². The molecule has 1 fully saturated rings. The van der Waals surface area contributed by atoms with Gasteiger partial charge in [0.15, 0.2) is 5.78 Å². The number of carbonyl (C=O) groups is 2. The smallest absolute Gasteiger partial charge is 0.250 e. The summed E-state index contributed by atoms with van der Waals surface area (Å²) < 4.78 is 1.78. The molecule has 2 aromatic rings. The number of aliphatic hydroxyl groups excluding tert-OH is 2. The van der Waals surface area contributed by atoms with Gasteiger partial charge in [-0.1, -0.05) is 13.8 Å². The van der Waals surface area contributed by atoms with Gasteiger partial charge in [-0.15, -0.1) is 0 Å². The van der Waals surface area contributed by atoms with Crippen LogP contribution in [0.4, 0.5) is 5.69 Å². The van der Waals surface area contributed by atoms with E-state index >= 15 is 0 Å². The summed E-state index contributed by atoms with van der Waals surface area (Å²) in [4.78, 5) is 24.6. The third-order valence-electron chi connectivity index (χ3n) is 6.09. The minimum atomic E-state index is -0.795. The fourth-order valence-electron chi connectivity index (χ4n) is 4.68. The number of nitrogens with one attached hydrogen (secondary N) is 1. The molecule has 0 bridgehead atoms. The van der Waals surface area contributed by atoms with E-state index in [9.17, 15) is 19.8 Å². The van der Waals surface area contributed by atoms with Crippen molar-refractivity contribution >= 4 is 17.4 Å². The number of benzene rings is 1. The lowest BCUT2D eigenvalue weighted by atomic mass is 9.75. The van der Waals surface area contributed by atoms with Crippen molar-refractivity contribution in [1.82, 2.24) is 9.78 Å². The van der Waals surface area contributed by atoms with Gasteiger partial charge in [-0.05, 0) is 49.8 Å². The summed E-state index contributed by atoms with van der Waals surface area (Å²) in [6.45, 7) is 5.98. The predicted molar refractivity (Wildman–Crippen MR) is 112 cm³/mol. The minimum Gasteiger partial charge on any atom is -0.390 e. The number of amides is 1. The maximum absolute atomic E-state index is 12.7. The van der Waals surface area contributed by atoms with Crippen LogP contribution in [0, 0.1) is 12.3 Å². The van der Waals surface area contributed by atoms with Gasteiger partial charge in [0.2, 0.25) is 0 Å². The van der Waals surface area contributed by atoms with E-state index < -0.39 is 18.1 Å². The van der Waals surface area contributed by atoms with Crippen LogP contribution in [0.1, 0.15) is 65.2 Å². The normalized spacial score (nSPS) is 25.2. The molecule has 4 rings (SSSR count). The number of nitrogens with two attached hydrogens (primary N) is 1. The second-order valence-corrected chi connectivity index (χ2v) is 9.30. The molecule has 2 unspecified atom stereocenters. The molecule has 8 heteroatoms. The molecule has 2 atom stereocenters. The highest BCUT2D eigenvalue weighted by atomic mass is 16.3. The Morgan fingerprint density at radius 2 is 1.90 bits per heavy atom. The molecular formula is C22H28N4O4. The maximum Gasteiger partial charge on any atom is 0.250 e. The Bertz CT molecular complexity index is 1020. The Balaban J connectivity index is 1.75. The molecule has 8 nitrogen and oxygen atoms in total. The van der Waals surface area contributed by atoms with E-state index in [0.717, 1.165) is 17.8 Å². The van der Waals surface area contributed by atoms with E-state index in [-0.39, 0.29) is 17.2 Å². The van der Waals surface area contributed by atoms with Crippen LogP contribution in [0.2, 0.25) is 0 Å². The van der Waals surface area contributed by atoms with E-state index in [1.165, 1.54) is 0 Å².